The van der Waals surface area contributed by atoms with E-state index in [1.807, 2.05) is 0 Å². The highest BCUT2D eigenvalue weighted by Crippen LogP contribution is 2.47. The van der Waals surface area contributed by atoms with Crippen molar-refractivity contribution in [2.45, 2.75) is 96.8 Å². The molecule has 0 rings (SSSR count). The fraction of sp³-hybridized carbons (Fsp3) is 0.905. The molecule has 0 N–H and O–H groups in total. The zero-order valence-electron chi connectivity index (χ0n) is 16.6. The van der Waals surface area contributed by atoms with Crippen molar-refractivity contribution >= 4 is 7.26 Å². The molecule has 0 aliphatic carbocycles. The van der Waals surface area contributed by atoms with E-state index in [1.54, 1.807) is 0 Å². The molecule has 0 aromatic carbocycles. The van der Waals surface area contributed by atoms with Crippen molar-refractivity contribution in [3.8, 4) is 0 Å². The smallest absolute Gasteiger partial charge is 0.0586 e. The monoisotopic (exact) mass is 362 g/mol. The van der Waals surface area contributed by atoms with E-state index in [2.05, 4.69) is 39.1 Å². The van der Waals surface area contributed by atoms with E-state index in [0.717, 1.165) is 0 Å². The Kier molecular flexibility index (Phi) is 21.0. The lowest BCUT2D eigenvalue weighted by molar-refractivity contribution is -0.00000516. The summed E-state index contributed by atoms with van der Waals surface area (Å²) in [6.07, 6.45) is 26.1. The fourth-order valence-electron chi connectivity index (χ4n) is 2.83. The maximum absolute atomic E-state index is 2.46. The van der Waals surface area contributed by atoms with Gasteiger partial charge in [-0.05, 0) is 38.5 Å². The Morgan fingerprint density at radius 3 is 1.39 bits per heavy atom. The van der Waals surface area contributed by atoms with Crippen LogP contribution in [0.3, 0.4) is 0 Å². The third kappa shape index (κ3) is 24.8. The van der Waals surface area contributed by atoms with Gasteiger partial charge in [-0.3, -0.25) is 0 Å². The molecule has 23 heavy (non-hydrogen) atoms. The molecule has 140 valence electrons. The largest absolute Gasteiger partial charge is 1.00 e. The van der Waals surface area contributed by atoms with E-state index in [1.165, 1.54) is 96.1 Å². The molecule has 2 heteroatoms. The summed E-state index contributed by atoms with van der Waals surface area (Å²) in [5, 5.41) is 0. The van der Waals surface area contributed by atoms with E-state index in [-0.39, 0.29) is 12.4 Å². The molecule has 0 bridgehead atoms. The van der Waals surface area contributed by atoms with Gasteiger partial charge < -0.3 is 12.4 Å². The number of unbranched alkanes of at least 4 members (excludes halogenated alkanes) is 12. The van der Waals surface area contributed by atoms with Crippen LogP contribution in [0.1, 0.15) is 96.8 Å². The minimum atomic E-state index is -0.513. The van der Waals surface area contributed by atoms with Crippen LogP contribution in [0.5, 0.6) is 0 Å². The van der Waals surface area contributed by atoms with Gasteiger partial charge in [0.15, 0.2) is 0 Å². The lowest BCUT2D eigenvalue weighted by Gasteiger charge is -2.10. The third-order valence-corrected chi connectivity index (χ3v) is 6.00. The van der Waals surface area contributed by atoms with Crippen molar-refractivity contribution in [2.75, 3.05) is 26.2 Å². The van der Waals surface area contributed by atoms with Crippen LogP contribution in [0.15, 0.2) is 12.2 Å². The zero-order valence-corrected chi connectivity index (χ0v) is 18.2. The fourth-order valence-corrected chi connectivity index (χ4v) is 4.01. The standard InChI is InChI=1S/C21H44P.ClH/c1-5-6-7-8-9-10-11-12-13-14-15-16-17-18-19-20-21-22(2,3)4;/h12-13H,5-11,14-21H2,1-4H3;1H/q+1;/p-1. The molecule has 0 unspecified atom stereocenters. The summed E-state index contributed by atoms with van der Waals surface area (Å²) in [6, 6.07) is 0. The average molecular weight is 363 g/mol. The lowest BCUT2D eigenvalue weighted by atomic mass is 10.1. The second-order valence-electron chi connectivity index (χ2n) is 7.95. The maximum atomic E-state index is 2.46. The Labute approximate surface area is 155 Å². The van der Waals surface area contributed by atoms with E-state index >= 15 is 0 Å². The van der Waals surface area contributed by atoms with Gasteiger partial charge in [0.1, 0.15) is 0 Å². The first-order valence-electron chi connectivity index (χ1n) is 10.0. The van der Waals surface area contributed by atoms with Crippen LogP contribution in [0.25, 0.3) is 0 Å². The lowest BCUT2D eigenvalue weighted by Crippen LogP contribution is -3.00. The second kappa shape index (κ2) is 18.8. The molecule has 0 aliphatic rings. The normalized spacial score (nSPS) is 11.8. The minimum Gasteiger partial charge on any atom is -1.00 e. The molecule has 0 saturated heterocycles. The van der Waals surface area contributed by atoms with Crippen LogP contribution >= 0.6 is 7.26 Å². The van der Waals surface area contributed by atoms with Crippen molar-refractivity contribution in [1.82, 2.24) is 0 Å². The molecule has 0 nitrogen and oxygen atoms in total. The highest BCUT2D eigenvalue weighted by molar-refractivity contribution is 7.73. The number of allylic oxidation sites excluding steroid dienone is 2. The van der Waals surface area contributed by atoms with Gasteiger partial charge in [0.05, 0.1) is 6.16 Å². The molecule has 0 spiro atoms. The van der Waals surface area contributed by atoms with Crippen molar-refractivity contribution in [3.05, 3.63) is 12.2 Å². The summed E-state index contributed by atoms with van der Waals surface area (Å²) in [6.45, 7) is 9.68. The second-order valence-corrected chi connectivity index (χ2v) is 13.0. The molecule has 0 fully saturated rings. The first-order chi connectivity index (χ1) is 10.6. The molecular weight excluding hydrogens is 319 g/mol. The molecule has 0 atom stereocenters. The average Bonchev–Trinajstić information content (AvgIpc) is 2.45. The van der Waals surface area contributed by atoms with E-state index < -0.39 is 7.26 Å². The topological polar surface area (TPSA) is 0 Å². The molecular formula is C21H44ClP. The first-order valence-corrected chi connectivity index (χ1v) is 13.3. The highest BCUT2D eigenvalue weighted by atomic mass is 35.5. The Balaban J connectivity index is 0. The predicted molar refractivity (Wildman–Crippen MR) is 109 cm³/mol. The van der Waals surface area contributed by atoms with Crippen LogP contribution in [0.2, 0.25) is 0 Å². The highest BCUT2D eigenvalue weighted by Gasteiger charge is 2.15. The van der Waals surface area contributed by atoms with Crippen molar-refractivity contribution in [1.29, 1.82) is 0 Å². The SMILES string of the molecule is CCCCCCCCC=CCCCCCCCC[P+](C)(C)C.[Cl-]. The molecule has 0 amide bonds. The number of hydrogen-bond acceptors (Lipinski definition) is 0. The number of hydrogen-bond donors (Lipinski definition) is 0. The molecule has 0 aromatic rings. The van der Waals surface area contributed by atoms with Crippen LogP contribution in [0.4, 0.5) is 0 Å². The van der Waals surface area contributed by atoms with Gasteiger partial charge in [-0.25, -0.2) is 0 Å². The van der Waals surface area contributed by atoms with E-state index in [9.17, 15) is 0 Å². The van der Waals surface area contributed by atoms with Crippen molar-refractivity contribution in [2.24, 2.45) is 0 Å². The molecule has 0 aromatic heterocycles. The van der Waals surface area contributed by atoms with E-state index in [0.29, 0.717) is 0 Å². The van der Waals surface area contributed by atoms with Gasteiger partial charge in [-0.2, -0.15) is 0 Å². The summed E-state index contributed by atoms with van der Waals surface area (Å²) < 4.78 is 0. The van der Waals surface area contributed by atoms with Crippen LogP contribution in [-0.4, -0.2) is 26.2 Å². The van der Waals surface area contributed by atoms with Gasteiger partial charge >= 0.3 is 0 Å². The van der Waals surface area contributed by atoms with Gasteiger partial charge in [0.2, 0.25) is 0 Å². The van der Waals surface area contributed by atoms with Crippen molar-refractivity contribution in [3.63, 3.8) is 0 Å². The van der Waals surface area contributed by atoms with Crippen LogP contribution in [-0.2, 0) is 0 Å². The number of rotatable bonds is 16. The zero-order chi connectivity index (χ0) is 16.5. The van der Waals surface area contributed by atoms with Crippen molar-refractivity contribution < 1.29 is 12.4 Å². The minimum absolute atomic E-state index is 0. The summed E-state index contributed by atoms with van der Waals surface area (Å²) in [5.74, 6) is 0. The Hall–Kier alpha value is 0.460. The molecule has 0 radical (unpaired) electrons. The maximum Gasteiger partial charge on any atom is 0.0586 e. The molecule has 0 heterocycles. The summed E-state index contributed by atoms with van der Waals surface area (Å²) in [4.78, 5) is 0. The summed E-state index contributed by atoms with van der Waals surface area (Å²) in [7, 11) is -0.513. The van der Waals surface area contributed by atoms with Gasteiger partial charge in [0, 0.05) is 27.3 Å². The van der Waals surface area contributed by atoms with Gasteiger partial charge in [0.25, 0.3) is 0 Å². The number of halogens is 1. The summed E-state index contributed by atoms with van der Waals surface area (Å²) in [5.41, 5.74) is 0. The molecule has 0 aliphatic heterocycles. The van der Waals surface area contributed by atoms with Gasteiger partial charge in [-0.15, -0.1) is 0 Å². The predicted octanol–water partition coefficient (Wildman–Crippen LogP) is 4.93. The van der Waals surface area contributed by atoms with Gasteiger partial charge in [-0.1, -0.05) is 70.4 Å². The van der Waals surface area contributed by atoms with Crippen LogP contribution in [0, 0.1) is 0 Å². The Morgan fingerprint density at radius 2 is 0.957 bits per heavy atom. The Bertz CT molecular complexity index is 243. The first kappa shape index (κ1) is 25.7. The summed E-state index contributed by atoms with van der Waals surface area (Å²) >= 11 is 0. The van der Waals surface area contributed by atoms with Crippen LogP contribution < -0.4 is 12.4 Å². The quantitative estimate of drug-likeness (QED) is 0.207. The third-order valence-electron chi connectivity index (χ3n) is 4.34. The Morgan fingerprint density at radius 1 is 0.565 bits per heavy atom. The molecule has 0 saturated carbocycles. The van der Waals surface area contributed by atoms with E-state index in [4.69, 9.17) is 0 Å².